The average Bonchev–Trinajstić information content (AvgIpc) is 2.86. The van der Waals surface area contributed by atoms with Crippen LogP contribution in [0.25, 0.3) is 0 Å². The summed E-state index contributed by atoms with van der Waals surface area (Å²) < 4.78 is 18.3. The van der Waals surface area contributed by atoms with E-state index >= 15 is 0 Å². The Kier molecular flexibility index (Phi) is 5.37. The number of amides is 1. The first-order valence-electron chi connectivity index (χ1n) is 11.5. The van der Waals surface area contributed by atoms with Gasteiger partial charge in [-0.2, -0.15) is 0 Å². The van der Waals surface area contributed by atoms with Crippen LogP contribution in [-0.2, 0) is 14.0 Å². The monoisotopic (exact) mass is 428 g/mol. The molecule has 0 saturated carbocycles. The van der Waals surface area contributed by atoms with Gasteiger partial charge in [-0.1, -0.05) is 18.2 Å². The maximum Gasteiger partial charge on any atom is 0.496 e. The molecule has 3 fully saturated rings. The van der Waals surface area contributed by atoms with Gasteiger partial charge in [-0.05, 0) is 67.4 Å². The van der Waals surface area contributed by atoms with Gasteiger partial charge in [0, 0.05) is 42.7 Å². The fourth-order valence-corrected chi connectivity index (χ4v) is 4.83. The molecule has 31 heavy (non-hydrogen) atoms. The van der Waals surface area contributed by atoms with Crippen LogP contribution in [0.3, 0.4) is 0 Å². The SMILES string of the molecule is CC(C)(C)OC(=O)N1CCCC2(C1)CN(c1ccccc1B1OC(C)(C)C(C)(C)O1)C2. The first-order chi connectivity index (χ1) is 14.3. The first kappa shape index (κ1) is 22.5. The van der Waals surface area contributed by atoms with Gasteiger partial charge in [-0.25, -0.2) is 4.79 Å². The normalized spacial score (nSPS) is 24.3. The Morgan fingerprint density at radius 2 is 1.65 bits per heavy atom. The number of hydrogen-bond acceptors (Lipinski definition) is 5. The second-order valence-electron chi connectivity index (χ2n) is 11.5. The molecule has 7 heteroatoms. The molecule has 0 bridgehead atoms. The molecule has 0 atom stereocenters. The van der Waals surface area contributed by atoms with Crippen LogP contribution >= 0.6 is 0 Å². The zero-order valence-corrected chi connectivity index (χ0v) is 20.2. The van der Waals surface area contributed by atoms with E-state index in [1.54, 1.807) is 0 Å². The third kappa shape index (κ3) is 4.31. The van der Waals surface area contributed by atoms with Gasteiger partial charge in [0.05, 0.1) is 11.2 Å². The largest absolute Gasteiger partial charge is 0.496 e. The van der Waals surface area contributed by atoms with Crippen molar-refractivity contribution >= 4 is 24.4 Å². The summed E-state index contributed by atoms with van der Waals surface area (Å²) in [4.78, 5) is 16.9. The summed E-state index contributed by atoms with van der Waals surface area (Å²) in [5.74, 6) is 0. The molecule has 0 aliphatic carbocycles. The zero-order valence-electron chi connectivity index (χ0n) is 20.2. The summed E-state index contributed by atoms with van der Waals surface area (Å²) in [7, 11) is -0.373. The van der Waals surface area contributed by atoms with Gasteiger partial charge in [-0.3, -0.25) is 0 Å². The molecule has 1 aromatic rings. The summed E-state index contributed by atoms with van der Waals surface area (Å²) in [5, 5.41) is 0. The predicted molar refractivity (Wildman–Crippen MR) is 124 cm³/mol. The lowest BCUT2D eigenvalue weighted by Gasteiger charge is -2.55. The van der Waals surface area contributed by atoms with Crippen molar-refractivity contribution in [2.45, 2.75) is 78.1 Å². The van der Waals surface area contributed by atoms with Crippen LogP contribution in [-0.4, -0.2) is 61.1 Å². The molecule has 0 radical (unpaired) electrons. The number of hydrogen-bond donors (Lipinski definition) is 0. The standard InChI is InChI=1S/C24H37BN2O4/c1-21(2,3)29-20(28)26-14-10-13-24(15-26)16-27(17-24)19-12-9-8-11-18(19)25-30-22(4,5)23(6,7)31-25/h8-9,11-12H,10,13-17H2,1-7H3. The quantitative estimate of drug-likeness (QED) is 0.671. The van der Waals surface area contributed by atoms with Gasteiger partial charge in [0.15, 0.2) is 0 Å². The van der Waals surface area contributed by atoms with Crippen LogP contribution in [0, 0.1) is 5.41 Å². The van der Waals surface area contributed by atoms with E-state index in [0.29, 0.717) is 0 Å². The Labute approximate surface area is 187 Å². The molecule has 6 nitrogen and oxygen atoms in total. The van der Waals surface area contributed by atoms with Crippen LogP contribution in [0.15, 0.2) is 24.3 Å². The van der Waals surface area contributed by atoms with E-state index in [9.17, 15) is 4.79 Å². The molecule has 0 aromatic heterocycles. The third-order valence-corrected chi connectivity index (χ3v) is 7.15. The molecule has 3 aliphatic rings. The number of carbonyl (C=O) groups is 1. The highest BCUT2D eigenvalue weighted by Crippen LogP contribution is 2.42. The van der Waals surface area contributed by atoms with Crippen LogP contribution in [0.1, 0.15) is 61.3 Å². The number of nitrogens with zero attached hydrogens (tertiary/aromatic N) is 2. The van der Waals surface area contributed by atoms with Gasteiger partial charge >= 0.3 is 13.2 Å². The maximum absolute atomic E-state index is 12.6. The van der Waals surface area contributed by atoms with E-state index in [1.165, 1.54) is 5.69 Å². The lowest BCUT2D eigenvalue weighted by Crippen LogP contribution is -2.65. The Hall–Kier alpha value is -1.73. The number of likely N-dealkylation sites (tertiary alicyclic amines) is 1. The van der Waals surface area contributed by atoms with Gasteiger partial charge in [0.1, 0.15) is 5.60 Å². The zero-order chi connectivity index (χ0) is 22.7. The van der Waals surface area contributed by atoms with Crippen molar-refractivity contribution in [3.05, 3.63) is 24.3 Å². The summed E-state index contributed by atoms with van der Waals surface area (Å²) in [6.07, 6.45) is 1.97. The maximum atomic E-state index is 12.6. The lowest BCUT2D eigenvalue weighted by molar-refractivity contribution is -0.00143. The topological polar surface area (TPSA) is 51.2 Å². The van der Waals surface area contributed by atoms with Crippen molar-refractivity contribution in [3.63, 3.8) is 0 Å². The number of ether oxygens (including phenoxy) is 1. The van der Waals surface area contributed by atoms with E-state index in [4.69, 9.17) is 14.0 Å². The molecular weight excluding hydrogens is 391 g/mol. The number of para-hydroxylation sites is 1. The number of piperidine rings is 1. The van der Waals surface area contributed by atoms with Crippen molar-refractivity contribution < 1.29 is 18.8 Å². The molecule has 170 valence electrons. The highest BCUT2D eigenvalue weighted by atomic mass is 16.7. The highest BCUT2D eigenvalue weighted by molar-refractivity contribution is 6.64. The van der Waals surface area contributed by atoms with Crippen LogP contribution in [0.2, 0.25) is 0 Å². The van der Waals surface area contributed by atoms with Gasteiger partial charge in [0.25, 0.3) is 0 Å². The molecule has 3 saturated heterocycles. The molecule has 3 heterocycles. The van der Waals surface area contributed by atoms with E-state index in [2.05, 4.69) is 50.8 Å². The second kappa shape index (κ2) is 7.41. The van der Waals surface area contributed by atoms with E-state index in [-0.39, 0.29) is 29.8 Å². The van der Waals surface area contributed by atoms with Crippen molar-refractivity contribution in [2.75, 3.05) is 31.1 Å². The molecule has 0 unspecified atom stereocenters. The van der Waals surface area contributed by atoms with E-state index in [0.717, 1.165) is 44.5 Å². The van der Waals surface area contributed by atoms with Crippen LogP contribution in [0.4, 0.5) is 10.5 Å². The fraction of sp³-hybridized carbons (Fsp3) is 0.708. The van der Waals surface area contributed by atoms with E-state index in [1.807, 2.05) is 31.7 Å². The summed E-state index contributed by atoms with van der Waals surface area (Å²) >= 11 is 0. The first-order valence-corrected chi connectivity index (χ1v) is 11.5. The predicted octanol–water partition coefficient (Wildman–Crippen LogP) is 3.82. The minimum Gasteiger partial charge on any atom is -0.444 e. The molecular formula is C24H37BN2O4. The fourth-order valence-electron chi connectivity index (χ4n) is 4.83. The van der Waals surface area contributed by atoms with Gasteiger partial charge in [0.2, 0.25) is 0 Å². The minimum absolute atomic E-state index is 0.137. The average molecular weight is 428 g/mol. The molecule has 1 spiro atoms. The molecule has 3 aliphatic heterocycles. The number of benzene rings is 1. The minimum atomic E-state index is -0.463. The van der Waals surface area contributed by atoms with Crippen LogP contribution < -0.4 is 10.4 Å². The lowest BCUT2D eigenvalue weighted by atomic mass is 9.71. The van der Waals surface area contributed by atoms with Crippen molar-refractivity contribution in [1.82, 2.24) is 4.90 Å². The van der Waals surface area contributed by atoms with Crippen molar-refractivity contribution in [2.24, 2.45) is 5.41 Å². The van der Waals surface area contributed by atoms with Gasteiger partial charge in [-0.15, -0.1) is 0 Å². The number of anilines is 1. The Balaban J connectivity index is 1.46. The Bertz CT molecular complexity index is 826. The molecule has 1 aromatic carbocycles. The Morgan fingerprint density at radius 3 is 2.26 bits per heavy atom. The smallest absolute Gasteiger partial charge is 0.444 e. The number of carbonyl (C=O) groups excluding carboxylic acids is 1. The molecule has 0 N–H and O–H groups in total. The highest BCUT2D eigenvalue weighted by Gasteiger charge is 2.53. The van der Waals surface area contributed by atoms with Crippen molar-refractivity contribution in [3.8, 4) is 0 Å². The van der Waals surface area contributed by atoms with Crippen LogP contribution in [0.5, 0.6) is 0 Å². The Morgan fingerprint density at radius 1 is 1.03 bits per heavy atom. The molecule has 1 amide bonds. The third-order valence-electron chi connectivity index (χ3n) is 7.15. The molecule has 4 rings (SSSR count). The summed E-state index contributed by atoms with van der Waals surface area (Å²) in [6.45, 7) is 17.5. The second-order valence-corrected chi connectivity index (χ2v) is 11.5. The number of rotatable bonds is 2. The summed E-state index contributed by atoms with van der Waals surface area (Å²) in [6, 6.07) is 8.38. The van der Waals surface area contributed by atoms with Gasteiger partial charge < -0.3 is 23.8 Å². The van der Waals surface area contributed by atoms with E-state index < -0.39 is 5.60 Å². The van der Waals surface area contributed by atoms with Crippen molar-refractivity contribution in [1.29, 1.82) is 0 Å². The summed E-state index contributed by atoms with van der Waals surface area (Å²) in [5.41, 5.74) is 1.20.